The predicted molar refractivity (Wildman–Crippen MR) is 58.1 cm³/mol. The lowest BCUT2D eigenvalue weighted by atomic mass is 10.2. The fraction of sp³-hybridized carbons (Fsp3) is 0.889. The van der Waals surface area contributed by atoms with E-state index in [9.17, 15) is 0 Å². The minimum absolute atomic E-state index is 0.295. The zero-order valence-electron chi connectivity index (χ0n) is 8.36. The van der Waals surface area contributed by atoms with Gasteiger partial charge >= 0.3 is 0 Å². The fourth-order valence-corrected chi connectivity index (χ4v) is 2.60. The lowest BCUT2D eigenvalue weighted by molar-refractivity contribution is 0.285. The molecule has 0 radical (unpaired) electrons. The van der Waals surface area contributed by atoms with Crippen LogP contribution in [0.5, 0.6) is 0 Å². The summed E-state index contributed by atoms with van der Waals surface area (Å²) in [6, 6.07) is 0. The molecule has 1 N–H and O–H groups in total. The van der Waals surface area contributed by atoms with Gasteiger partial charge in [0.25, 0.3) is 0 Å². The third-order valence-corrected chi connectivity index (χ3v) is 3.05. The van der Waals surface area contributed by atoms with E-state index in [0.717, 1.165) is 25.8 Å². The molecule has 0 aromatic carbocycles. The van der Waals surface area contributed by atoms with E-state index in [4.69, 9.17) is 5.11 Å². The lowest BCUT2D eigenvalue weighted by Crippen LogP contribution is -2.27. The highest BCUT2D eigenvalue weighted by Gasteiger charge is 2.15. The summed E-state index contributed by atoms with van der Waals surface area (Å²) in [7, 11) is 2.02. The Hall–Kier alpha value is -0.220. The number of hydrogen-bond donors (Lipinski definition) is 1. The maximum atomic E-state index is 8.64. The first-order valence-electron chi connectivity index (χ1n) is 4.78. The van der Waals surface area contributed by atoms with Crippen LogP contribution in [0.15, 0.2) is 5.10 Å². The first-order valence-corrected chi connectivity index (χ1v) is 5.66. The Bertz CT molecular complexity index is 184. The summed E-state index contributed by atoms with van der Waals surface area (Å²) in [6.45, 7) is 3.55. The predicted octanol–water partition coefficient (Wildman–Crippen LogP) is 1.53. The van der Waals surface area contributed by atoms with Crippen LogP contribution in [0, 0.1) is 0 Å². The monoisotopic (exact) mass is 202 g/mol. The van der Waals surface area contributed by atoms with E-state index in [-0.39, 0.29) is 0 Å². The maximum Gasteiger partial charge on any atom is 0.0936 e. The van der Waals surface area contributed by atoms with Crippen LogP contribution in [-0.4, -0.2) is 40.6 Å². The molecule has 1 unspecified atom stereocenters. The van der Waals surface area contributed by atoms with Crippen LogP contribution in [0.2, 0.25) is 0 Å². The van der Waals surface area contributed by atoms with E-state index in [1.54, 1.807) is 0 Å². The Morgan fingerprint density at radius 1 is 1.62 bits per heavy atom. The van der Waals surface area contributed by atoms with Gasteiger partial charge in [-0.3, -0.25) is 5.01 Å². The van der Waals surface area contributed by atoms with E-state index in [1.165, 1.54) is 5.04 Å². The molecule has 13 heavy (non-hydrogen) atoms. The second-order valence-corrected chi connectivity index (χ2v) is 4.95. The summed E-state index contributed by atoms with van der Waals surface area (Å²) in [5.74, 6) is 0. The number of rotatable bonds is 4. The Morgan fingerprint density at radius 2 is 2.38 bits per heavy atom. The van der Waals surface area contributed by atoms with E-state index in [0.29, 0.717) is 11.9 Å². The first kappa shape index (κ1) is 10.9. The summed E-state index contributed by atoms with van der Waals surface area (Å²) in [6.07, 6.45) is 2.94. The van der Waals surface area contributed by atoms with Gasteiger partial charge in [0.1, 0.15) is 0 Å². The molecule has 1 rings (SSSR count). The summed E-state index contributed by atoms with van der Waals surface area (Å²) in [4.78, 5) is 0. The van der Waals surface area contributed by atoms with Gasteiger partial charge < -0.3 is 5.11 Å². The molecule has 76 valence electrons. The Kier molecular flexibility index (Phi) is 4.59. The maximum absolute atomic E-state index is 8.64. The molecule has 1 aliphatic heterocycles. The van der Waals surface area contributed by atoms with Crippen molar-refractivity contribution in [2.24, 2.45) is 5.10 Å². The van der Waals surface area contributed by atoms with E-state index >= 15 is 0 Å². The summed E-state index contributed by atoms with van der Waals surface area (Å²) in [5, 5.41) is 17.0. The average molecular weight is 202 g/mol. The van der Waals surface area contributed by atoms with E-state index in [1.807, 2.05) is 23.8 Å². The average Bonchev–Trinajstić information content (AvgIpc) is 2.03. The Balaban J connectivity index is 2.31. The highest BCUT2D eigenvalue weighted by Crippen LogP contribution is 2.22. The standard InChI is InChI=1S/C9H18N2OS/c1-8-7-11(2)10-9(13-8)5-3-4-6-12/h8,12H,3-7H2,1-2H3. The van der Waals surface area contributed by atoms with E-state index in [2.05, 4.69) is 12.0 Å². The van der Waals surface area contributed by atoms with Gasteiger partial charge in [-0.15, -0.1) is 11.8 Å². The molecular formula is C9H18N2OS. The van der Waals surface area contributed by atoms with Gasteiger partial charge in [-0.25, -0.2) is 0 Å². The van der Waals surface area contributed by atoms with Crippen molar-refractivity contribution in [2.75, 3.05) is 20.2 Å². The molecule has 4 heteroatoms. The molecule has 0 aromatic rings. The molecule has 0 spiro atoms. The topological polar surface area (TPSA) is 35.8 Å². The number of unbranched alkanes of at least 4 members (excludes halogenated alkanes) is 1. The molecule has 0 saturated heterocycles. The SMILES string of the molecule is CC1CN(C)N=C(CCCCO)S1. The van der Waals surface area contributed by atoms with Gasteiger partial charge in [-0.2, -0.15) is 5.10 Å². The molecule has 1 atom stereocenters. The van der Waals surface area contributed by atoms with Crippen LogP contribution in [0.1, 0.15) is 26.2 Å². The molecule has 0 saturated carbocycles. The van der Waals surface area contributed by atoms with Crippen molar-refractivity contribution in [1.82, 2.24) is 5.01 Å². The highest BCUT2D eigenvalue weighted by molar-refractivity contribution is 8.14. The molecular weight excluding hydrogens is 184 g/mol. The molecule has 0 amide bonds. The Labute approximate surface area is 84.2 Å². The summed E-state index contributed by atoms with van der Waals surface area (Å²) < 4.78 is 0. The van der Waals surface area contributed by atoms with Gasteiger partial charge in [0.05, 0.1) is 5.04 Å². The minimum atomic E-state index is 0.295. The van der Waals surface area contributed by atoms with Crippen molar-refractivity contribution >= 4 is 16.8 Å². The molecule has 0 fully saturated rings. The third-order valence-electron chi connectivity index (χ3n) is 1.94. The molecule has 0 bridgehead atoms. The Morgan fingerprint density at radius 3 is 3.00 bits per heavy atom. The molecule has 0 aromatic heterocycles. The molecule has 3 nitrogen and oxygen atoms in total. The summed E-state index contributed by atoms with van der Waals surface area (Å²) >= 11 is 1.87. The van der Waals surface area contributed by atoms with Crippen molar-refractivity contribution in [3.63, 3.8) is 0 Å². The second-order valence-electron chi connectivity index (χ2n) is 3.44. The first-order chi connectivity index (χ1) is 6.22. The van der Waals surface area contributed by atoms with Gasteiger partial charge in [0.15, 0.2) is 0 Å². The van der Waals surface area contributed by atoms with Crippen molar-refractivity contribution in [1.29, 1.82) is 0 Å². The van der Waals surface area contributed by atoms with Gasteiger partial charge in [0, 0.05) is 25.4 Å². The van der Waals surface area contributed by atoms with Crippen LogP contribution in [0.3, 0.4) is 0 Å². The van der Waals surface area contributed by atoms with Crippen molar-refractivity contribution < 1.29 is 5.11 Å². The second kappa shape index (κ2) is 5.50. The third kappa shape index (κ3) is 4.00. The zero-order chi connectivity index (χ0) is 9.68. The van der Waals surface area contributed by atoms with Crippen LogP contribution >= 0.6 is 11.8 Å². The minimum Gasteiger partial charge on any atom is -0.396 e. The van der Waals surface area contributed by atoms with Gasteiger partial charge in [-0.1, -0.05) is 6.92 Å². The van der Waals surface area contributed by atoms with Crippen LogP contribution < -0.4 is 0 Å². The number of hydrazone groups is 1. The van der Waals surface area contributed by atoms with Crippen LogP contribution in [0.25, 0.3) is 0 Å². The normalized spacial score (nSPS) is 23.2. The number of nitrogens with zero attached hydrogens (tertiary/aromatic N) is 2. The van der Waals surface area contributed by atoms with Crippen molar-refractivity contribution in [2.45, 2.75) is 31.4 Å². The summed E-state index contributed by atoms with van der Waals surface area (Å²) in [5.41, 5.74) is 0. The van der Waals surface area contributed by atoms with E-state index < -0.39 is 0 Å². The smallest absolute Gasteiger partial charge is 0.0936 e. The van der Waals surface area contributed by atoms with Crippen LogP contribution in [-0.2, 0) is 0 Å². The zero-order valence-corrected chi connectivity index (χ0v) is 9.18. The molecule has 0 aliphatic carbocycles. The lowest BCUT2D eigenvalue weighted by Gasteiger charge is -2.25. The van der Waals surface area contributed by atoms with Crippen molar-refractivity contribution in [3.8, 4) is 0 Å². The van der Waals surface area contributed by atoms with Crippen molar-refractivity contribution in [3.05, 3.63) is 0 Å². The number of aliphatic hydroxyl groups excluding tert-OH is 1. The fourth-order valence-electron chi connectivity index (χ4n) is 1.39. The highest BCUT2D eigenvalue weighted by atomic mass is 32.2. The molecule has 1 aliphatic rings. The largest absolute Gasteiger partial charge is 0.396 e. The van der Waals surface area contributed by atoms with Crippen LogP contribution in [0.4, 0.5) is 0 Å². The number of thioether (sulfide) groups is 1. The quantitative estimate of drug-likeness (QED) is 0.702. The number of hydrogen-bond acceptors (Lipinski definition) is 4. The van der Waals surface area contributed by atoms with Gasteiger partial charge in [-0.05, 0) is 19.3 Å². The number of aliphatic hydroxyl groups is 1. The molecule has 1 heterocycles. The van der Waals surface area contributed by atoms with Gasteiger partial charge in [0.2, 0.25) is 0 Å².